The summed E-state index contributed by atoms with van der Waals surface area (Å²) in [6.45, 7) is 3.40. The van der Waals surface area contributed by atoms with Crippen LogP contribution in [0.25, 0.3) is 0 Å². The SMILES string of the molecule is CCc1nsc(SCc2cc(Cl)cc(C(C)=O)c2O)n1. The Hall–Kier alpha value is -1.11. The first-order valence-electron chi connectivity index (χ1n) is 5.99. The molecule has 1 aromatic heterocycles. The molecule has 1 aromatic carbocycles. The van der Waals surface area contributed by atoms with Crippen molar-refractivity contribution < 1.29 is 9.90 Å². The van der Waals surface area contributed by atoms with E-state index >= 15 is 0 Å². The summed E-state index contributed by atoms with van der Waals surface area (Å²) in [5, 5.41) is 10.5. The minimum absolute atomic E-state index is 0.00497. The molecule has 7 heteroatoms. The highest BCUT2D eigenvalue weighted by Gasteiger charge is 2.14. The molecule has 106 valence electrons. The fourth-order valence-corrected chi connectivity index (χ4v) is 3.52. The number of rotatable bonds is 5. The quantitative estimate of drug-likeness (QED) is 0.665. The molecule has 0 bridgehead atoms. The molecule has 0 fully saturated rings. The predicted molar refractivity (Wildman–Crippen MR) is 82.0 cm³/mol. The molecule has 0 atom stereocenters. The van der Waals surface area contributed by atoms with E-state index in [1.807, 2.05) is 6.92 Å². The molecule has 0 saturated carbocycles. The number of phenols is 1. The fourth-order valence-electron chi connectivity index (χ4n) is 1.61. The highest BCUT2D eigenvalue weighted by atomic mass is 35.5. The molecule has 2 aromatic rings. The van der Waals surface area contributed by atoms with Crippen molar-refractivity contribution in [3.8, 4) is 5.75 Å². The summed E-state index contributed by atoms with van der Waals surface area (Å²) in [5.41, 5.74) is 0.876. The molecule has 0 unspecified atom stereocenters. The summed E-state index contributed by atoms with van der Waals surface area (Å²) >= 11 is 8.78. The maximum Gasteiger partial charge on any atom is 0.170 e. The van der Waals surface area contributed by atoms with Crippen LogP contribution in [0.1, 0.15) is 35.6 Å². The number of aromatic nitrogens is 2. The van der Waals surface area contributed by atoms with Crippen molar-refractivity contribution in [3.05, 3.63) is 34.1 Å². The molecule has 0 aliphatic carbocycles. The van der Waals surface area contributed by atoms with Gasteiger partial charge in [-0.25, -0.2) is 4.98 Å². The van der Waals surface area contributed by atoms with Crippen molar-refractivity contribution in [1.82, 2.24) is 9.36 Å². The van der Waals surface area contributed by atoms with Crippen LogP contribution in [0.4, 0.5) is 0 Å². The summed E-state index contributed by atoms with van der Waals surface area (Å²) in [6, 6.07) is 3.14. The van der Waals surface area contributed by atoms with Crippen molar-refractivity contribution in [3.63, 3.8) is 0 Å². The van der Waals surface area contributed by atoms with Gasteiger partial charge in [0.25, 0.3) is 0 Å². The minimum atomic E-state index is -0.208. The van der Waals surface area contributed by atoms with Crippen LogP contribution in [0, 0.1) is 0 Å². The van der Waals surface area contributed by atoms with Gasteiger partial charge in [0.1, 0.15) is 11.6 Å². The first-order valence-corrected chi connectivity index (χ1v) is 8.12. The second kappa shape index (κ2) is 6.56. The normalized spacial score (nSPS) is 10.8. The first-order chi connectivity index (χ1) is 9.51. The fraction of sp³-hybridized carbons (Fsp3) is 0.308. The Morgan fingerprint density at radius 2 is 2.25 bits per heavy atom. The average Bonchev–Trinajstić information content (AvgIpc) is 2.87. The van der Waals surface area contributed by atoms with Crippen molar-refractivity contribution in [2.45, 2.75) is 30.4 Å². The number of aromatic hydroxyl groups is 1. The summed E-state index contributed by atoms with van der Waals surface area (Å²) in [6.07, 6.45) is 0.800. The average molecular weight is 329 g/mol. The van der Waals surface area contributed by atoms with Gasteiger partial charge in [0.05, 0.1) is 5.56 Å². The number of Topliss-reactive ketones (excluding diaryl/α,β-unsaturated/α-hetero) is 1. The number of hydrogen-bond donors (Lipinski definition) is 1. The second-order valence-electron chi connectivity index (χ2n) is 4.14. The van der Waals surface area contributed by atoms with Gasteiger partial charge in [0.15, 0.2) is 10.1 Å². The summed E-state index contributed by atoms with van der Waals surface area (Å²) < 4.78 is 5.04. The number of carbonyl (C=O) groups is 1. The summed E-state index contributed by atoms with van der Waals surface area (Å²) in [5.74, 6) is 1.10. The van der Waals surface area contributed by atoms with E-state index in [0.717, 1.165) is 16.6 Å². The molecule has 20 heavy (non-hydrogen) atoms. The Kier molecular flexibility index (Phi) is 5.01. The standard InChI is InChI=1S/C13H13ClN2O2S2/c1-3-11-15-13(20-16-11)19-6-8-4-9(14)5-10(7(2)17)12(8)18/h4-5,18H,3,6H2,1-2H3. The maximum atomic E-state index is 11.4. The van der Waals surface area contributed by atoms with Crippen LogP contribution in [-0.2, 0) is 12.2 Å². The lowest BCUT2D eigenvalue weighted by Crippen LogP contribution is -1.96. The van der Waals surface area contributed by atoms with Gasteiger partial charge in [0, 0.05) is 22.8 Å². The molecule has 0 spiro atoms. The first kappa shape index (κ1) is 15.3. The zero-order chi connectivity index (χ0) is 14.7. The largest absolute Gasteiger partial charge is 0.507 e. The Labute approximate surface area is 130 Å². The number of carbonyl (C=O) groups excluding carboxylic acids is 1. The Morgan fingerprint density at radius 3 is 2.85 bits per heavy atom. The van der Waals surface area contributed by atoms with Gasteiger partial charge in [-0.05, 0) is 30.6 Å². The van der Waals surface area contributed by atoms with Crippen LogP contribution in [0.15, 0.2) is 16.5 Å². The van der Waals surface area contributed by atoms with E-state index in [4.69, 9.17) is 11.6 Å². The number of ketones is 1. The van der Waals surface area contributed by atoms with E-state index < -0.39 is 0 Å². The topological polar surface area (TPSA) is 63.1 Å². The van der Waals surface area contributed by atoms with E-state index in [1.54, 1.807) is 6.07 Å². The number of nitrogens with zero attached hydrogens (tertiary/aromatic N) is 2. The predicted octanol–water partition coefficient (Wildman–Crippen LogP) is 3.95. The molecule has 4 nitrogen and oxygen atoms in total. The van der Waals surface area contributed by atoms with Crippen LogP contribution in [0.2, 0.25) is 5.02 Å². The molecule has 0 saturated heterocycles. The van der Waals surface area contributed by atoms with E-state index in [9.17, 15) is 9.90 Å². The molecule has 0 aliphatic rings. The minimum Gasteiger partial charge on any atom is -0.507 e. The van der Waals surface area contributed by atoms with E-state index in [2.05, 4.69) is 9.36 Å². The number of aryl methyl sites for hydroxylation is 1. The third kappa shape index (κ3) is 3.50. The number of halogens is 1. The highest BCUT2D eigenvalue weighted by molar-refractivity contribution is 8.00. The van der Waals surface area contributed by atoms with Gasteiger partial charge in [-0.1, -0.05) is 30.3 Å². The zero-order valence-electron chi connectivity index (χ0n) is 11.0. The Morgan fingerprint density at radius 1 is 1.50 bits per heavy atom. The third-order valence-corrected chi connectivity index (χ3v) is 4.79. The van der Waals surface area contributed by atoms with E-state index in [-0.39, 0.29) is 17.1 Å². The van der Waals surface area contributed by atoms with Gasteiger partial charge in [-0.3, -0.25) is 4.79 Å². The lowest BCUT2D eigenvalue weighted by molar-refractivity contribution is 0.101. The van der Waals surface area contributed by atoms with Crippen LogP contribution in [-0.4, -0.2) is 20.2 Å². The zero-order valence-corrected chi connectivity index (χ0v) is 13.4. The second-order valence-corrected chi connectivity index (χ2v) is 6.55. The smallest absolute Gasteiger partial charge is 0.170 e. The monoisotopic (exact) mass is 328 g/mol. The Balaban J connectivity index is 2.18. The summed E-state index contributed by atoms with van der Waals surface area (Å²) in [7, 11) is 0. The van der Waals surface area contributed by atoms with E-state index in [0.29, 0.717) is 16.3 Å². The molecule has 1 N–H and O–H groups in total. The van der Waals surface area contributed by atoms with Gasteiger partial charge < -0.3 is 5.11 Å². The van der Waals surface area contributed by atoms with Crippen LogP contribution in [0.3, 0.4) is 0 Å². The van der Waals surface area contributed by atoms with Crippen molar-refractivity contribution in [2.24, 2.45) is 0 Å². The van der Waals surface area contributed by atoms with Crippen molar-refractivity contribution in [1.29, 1.82) is 0 Å². The van der Waals surface area contributed by atoms with Gasteiger partial charge >= 0.3 is 0 Å². The van der Waals surface area contributed by atoms with Crippen LogP contribution in [0.5, 0.6) is 5.75 Å². The Bertz CT molecular complexity index is 643. The molecular weight excluding hydrogens is 316 g/mol. The van der Waals surface area contributed by atoms with Gasteiger partial charge in [-0.15, -0.1) is 0 Å². The van der Waals surface area contributed by atoms with Crippen molar-refractivity contribution >= 4 is 40.7 Å². The van der Waals surface area contributed by atoms with E-state index in [1.165, 1.54) is 36.3 Å². The van der Waals surface area contributed by atoms with Crippen molar-refractivity contribution in [2.75, 3.05) is 0 Å². The molecule has 0 amide bonds. The third-order valence-electron chi connectivity index (χ3n) is 2.65. The summed E-state index contributed by atoms with van der Waals surface area (Å²) in [4.78, 5) is 15.8. The molecule has 0 aliphatic heterocycles. The number of phenolic OH excluding ortho intramolecular Hbond substituents is 1. The van der Waals surface area contributed by atoms with Crippen LogP contribution >= 0.6 is 34.9 Å². The molecule has 0 radical (unpaired) electrons. The number of thioether (sulfide) groups is 1. The highest BCUT2D eigenvalue weighted by Crippen LogP contribution is 2.33. The van der Waals surface area contributed by atoms with Gasteiger partial charge in [0.2, 0.25) is 0 Å². The number of hydrogen-bond acceptors (Lipinski definition) is 6. The molecule has 1 heterocycles. The van der Waals surface area contributed by atoms with Gasteiger partial charge in [-0.2, -0.15) is 4.37 Å². The lowest BCUT2D eigenvalue weighted by atomic mass is 10.1. The molecular formula is C13H13ClN2O2S2. The molecule has 2 rings (SSSR count). The van der Waals surface area contributed by atoms with Crippen LogP contribution < -0.4 is 0 Å². The number of benzene rings is 1. The maximum absolute atomic E-state index is 11.4. The lowest BCUT2D eigenvalue weighted by Gasteiger charge is -2.08.